The number of imide groups is 1. The maximum absolute atomic E-state index is 12.2. The Kier molecular flexibility index (Phi) is 7.53. The molecule has 1 saturated heterocycles. The Bertz CT molecular complexity index is 808. The third-order valence-electron chi connectivity index (χ3n) is 4.37. The molecule has 0 spiro atoms. The van der Waals surface area contributed by atoms with Gasteiger partial charge in [0.05, 0.1) is 6.42 Å². The largest absolute Gasteiger partial charge is 0.370 e. The van der Waals surface area contributed by atoms with Crippen molar-refractivity contribution < 1.29 is 48.0 Å². The summed E-state index contributed by atoms with van der Waals surface area (Å²) in [5, 5.41) is 10.0. The lowest BCUT2D eigenvalue weighted by atomic mass is 10.4. The van der Waals surface area contributed by atoms with Gasteiger partial charge in [-0.15, -0.1) is 5.06 Å². The number of carbonyl (C=O) groups excluding carboxylic acids is 4. The van der Waals surface area contributed by atoms with Gasteiger partial charge in [-0.3, -0.25) is 28.4 Å². The van der Waals surface area contributed by atoms with E-state index in [1.54, 1.807) is 0 Å². The highest BCUT2D eigenvalue weighted by Crippen LogP contribution is 2.48. The van der Waals surface area contributed by atoms with Crippen molar-refractivity contribution in [1.82, 2.24) is 9.96 Å². The van der Waals surface area contributed by atoms with Crippen LogP contribution in [0.15, 0.2) is 12.2 Å². The zero-order valence-corrected chi connectivity index (χ0v) is 17.2. The Hall–Kier alpha value is -1.84. The molecule has 0 aromatic rings. The fraction of sp³-hybridized carbons (Fsp3) is 0.600. The number of hydrogen-bond acceptors (Lipinski definition) is 8. The molecule has 1 fully saturated rings. The highest BCUT2D eigenvalue weighted by atomic mass is 31.2. The number of carbonyl (C=O) groups is 4. The Balaban J connectivity index is 1.75. The molecule has 12 nitrogen and oxygen atoms in total. The lowest BCUT2D eigenvalue weighted by Crippen LogP contribution is -2.35. The average Bonchev–Trinajstić information content (AvgIpc) is 3.13. The lowest BCUT2D eigenvalue weighted by Gasteiger charge is -2.20. The van der Waals surface area contributed by atoms with Gasteiger partial charge in [0.25, 0.3) is 17.7 Å². The maximum atomic E-state index is 12.2. The van der Waals surface area contributed by atoms with Crippen LogP contribution in [0, 0.1) is 0 Å². The summed E-state index contributed by atoms with van der Waals surface area (Å²) in [4.78, 5) is 71.3. The van der Waals surface area contributed by atoms with E-state index in [-0.39, 0.29) is 19.4 Å². The maximum Gasteiger partial charge on any atom is 0.333 e. The minimum Gasteiger partial charge on any atom is -0.370 e. The molecule has 0 aromatic carbocycles. The second-order valence-electron chi connectivity index (χ2n) is 6.70. The van der Waals surface area contributed by atoms with E-state index in [1.807, 2.05) is 0 Å². The summed E-state index contributed by atoms with van der Waals surface area (Å²) in [5.41, 5.74) is 0. The van der Waals surface area contributed by atoms with Gasteiger partial charge in [-0.1, -0.05) is 0 Å². The summed E-state index contributed by atoms with van der Waals surface area (Å²) in [7, 11) is -7.84. The molecule has 0 bridgehead atoms. The van der Waals surface area contributed by atoms with Crippen LogP contribution in [0.2, 0.25) is 0 Å². The Morgan fingerprint density at radius 2 is 1.59 bits per heavy atom. The number of aliphatic hydroxyl groups excluding tert-OH is 1. The van der Waals surface area contributed by atoms with Crippen LogP contribution in [-0.4, -0.2) is 86.0 Å². The lowest BCUT2D eigenvalue weighted by molar-refractivity contribution is -0.220. The van der Waals surface area contributed by atoms with Crippen molar-refractivity contribution in [2.45, 2.75) is 25.5 Å². The second-order valence-corrected chi connectivity index (χ2v) is 11.9. The van der Waals surface area contributed by atoms with E-state index in [0.717, 1.165) is 17.1 Å². The molecule has 3 N–H and O–H groups in total. The molecule has 3 atom stereocenters. The topological polar surface area (TPSA) is 179 Å². The van der Waals surface area contributed by atoms with Crippen LogP contribution in [-0.2, 0) is 33.1 Å². The van der Waals surface area contributed by atoms with Crippen molar-refractivity contribution in [3.63, 3.8) is 0 Å². The summed E-state index contributed by atoms with van der Waals surface area (Å²) in [6.07, 6.45) is -1.58. The normalized spacial score (nSPS) is 23.4. The van der Waals surface area contributed by atoms with Crippen molar-refractivity contribution in [3.05, 3.63) is 12.2 Å². The van der Waals surface area contributed by atoms with E-state index in [1.165, 1.54) is 0 Å². The molecule has 0 aliphatic carbocycles. The standard InChI is InChI=1S/C15H22N2O10P2/c18-11-1-2-12(19)16(11)6-8-29(25,26)10-9-28(23,24)7-5-15(22)27-17-13(20)3-4-14(17)21/h1-2,13,20H,3-10H2,(H,23,24)(H,25,26). The smallest absolute Gasteiger partial charge is 0.333 e. The van der Waals surface area contributed by atoms with Crippen LogP contribution in [0.4, 0.5) is 0 Å². The zero-order valence-electron chi connectivity index (χ0n) is 15.4. The molecule has 3 amide bonds. The summed E-state index contributed by atoms with van der Waals surface area (Å²) in [5.74, 6) is -2.75. The van der Waals surface area contributed by atoms with E-state index in [9.17, 15) is 43.2 Å². The average molecular weight is 452 g/mol. The van der Waals surface area contributed by atoms with Crippen LogP contribution < -0.4 is 0 Å². The van der Waals surface area contributed by atoms with Crippen molar-refractivity contribution >= 4 is 38.4 Å². The minimum absolute atomic E-state index is 0.0173. The quantitative estimate of drug-likeness (QED) is 0.282. The molecule has 14 heteroatoms. The molecule has 0 aromatic heterocycles. The number of hydroxylamine groups is 2. The molecule has 2 rings (SSSR count). The first-order valence-corrected chi connectivity index (χ1v) is 12.8. The van der Waals surface area contributed by atoms with Crippen LogP contribution in [0.3, 0.4) is 0 Å². The van der Waals surface area contributed by atoms with E-state index in [2.05, 4.69) is 4.84 Å². The van der Waals surface area contributed by atoms with Crippen molar-refractivity contribution in [2.24, 2.45) is 0 Å². The molecule has 2 heterocycles. The number of amides is 3. The first-order chi connectivity index (χ1) is 13.4. The molecule has 3 unspecified atom stereocenters. The van der Waals surface area contributed by atoms with Gasteiger partial charge in [-0.05, 0) is 0 Å². The first-order valence-electron chi connectivity index (χ1n) is 8.76. The van der Waals surface area contributed by atoms with E-state index in [4.69, 9.17) is 0 Å². The number of hydrogen-bond donors (Lipinski definition) is 3. The minimum atomic E-state index is -3.95. The molecule has 0 radical (unpaired) electrons. The van der Waals surface area contributed by atoms with Crippen LogP contribution in [0.25, 0.3) is 0 Å². The third-order valence-corrected chi connectivity index (χ3v) is 8.39. The van der Waals surface area contributed by atoms with Gasteiger partial charge in [-0.25, -0.2) is 4.79 Å². The predicted molar refractivity (Wildman–Crippen MR) is 97.8 cm³/mol. The zero-order chi connectivity index (χ0) is 21.8. The summed E-state index contributed by atoms with van der Waals surface area (Å²) < 4.78 is 24.3. The van der Waals surface area contributed by atoms with Gasteiger partial charge < -0.3 is 19.7 Å². The monoisotopic (exact) mass is 452 g/mol. The van der Waals surface area contributed by atoms with Crippen LogP contribution in [0.1, 0.15) is 19.3 Å². The van der Waals surface area contributed by atoms with Crippen LogP contribution in [0.5, 0.6) is 0 Å². The van der Waals surface area contributed by atoms with Crippen molar-refractivity contribution in [3.8, 4) is 0 Å². The van der Waals surface area contributed by atoms with Gasteiger partial charge in [0.2, 0.25) is 14.7 Å². The van der Waals surface area contributed by atoms with E-state index >= 15 is 0 Å². The molecule has 2 aliphatic heterocycles. The summed E-state index contributed by atoms with van der Waals surface area (Å²) in [6, 6.07) is 0. The van der Waals surface area contributed by atoms with Gasteiger partial charge in [-0.2, -0.15) is 0 Å². The fourth-order valence-corrected chi connectivity index (χ4v) is 6.62. The van der Waals surface area contributed by atoms with Crippen LogP contribution >= 0.6 is 14.7 Å². The van der Waals surface area contributed by atoms with E-state index < -0.39 is 75.7 Å². The molecular weight excluding hydrogens is 430 g/mol. The molecular formula is C15H22N2O10P2. The van der Waals surface area contributed by atoms with Gasteiger partial charge in [0.1, 0.15) is 0 Å². The second kappa shape index (κ2) is 9.32. The molecule has 162 valence electrons. The number of rotatable bonds is 10. The van der Waals surface area contributed by atoms with Gasteiger partial charge >= 0.3 is 5.97 Å². The Morgan fingerprint density at radius 1 is 1.03 bits per heavy atom. The fourth-order valence-electron chi connectivity index (χ4n) is 2.62. The SMILES string of the molecule is O=C(CCP(=O)(O)CCP(=O)(O)CCN1C(=O)C=CC1=O)ON1C(=O)CCC1O. The van der Waals surface area contributed by atoms with Gasteiger partial charge in [0.15, 0.2) is 6.23 Å². The molecule has 2 aliphatic rings. The first kappa shape index (κ1) is 23.4. The van der Waals surface area contributed by atoms with Crippen molar-refractivity contribution in [1.29, 1.82) is 0 Å². The summed E-state index contributed by atoms with van der Waals surface area (Å²) in [6.45, 7) is -0.285. The third kappa shape index (κ3) is 6.87. The number of nitrogens with zero attached hydrogens (tertiary/aromatic N) is 2. The Morgan fingerprint density at radius 3 is 2.10 bits per heavy atom. The Labute approximate surface area is 166 Å². The number of aliphatic hydroxyl groups is 1. The highest BCUT2D eigenvalue weighted by Gasteiger charge is 2.34. The van der Waals surface area contributed by atoms with Crippen molar-refractivity contribution in [2.75, 3.05) is 31.2 Å². The molecule has 29 heavy (non-hydrogen) atoms. The summed E-state index contributed by atoms with van der Waals surface area (Å²) >= 11 is 0. The van der Waals surface area contributed by atoms with Gasteiger partial charge in [0, 0.05) is 56.2 Å². The molecule has 0 saturated carbocycles. The predicted octanol–water partition coefficient (Wildman–Crippen LogP) is -0.759. The van der Waals surface area contributed by atoms with E-state index in [0.29, 0.717) is 5.06 Å². The highest BCUT2D eigenvalue weighted by molar-refractivity contribution is 7.62.